The zero-order chi connectivity index (χ0) is 16.4. The summed E-state index contributed by atoms with van der Waals surface area (Å²) in [5, 5.41) is 1.66. The van der Waals surface area contributed by atoms with Crippen LogP contribution < -0.4 is 5.56 Å². The number of aromatic nitrogens is 2. The Balaban J connectivity index is 1.79. The van der Waals surface area contributed by atoms with Crippen LogP contribution in [-0.4, -0.2) is 21.5 Å². The summed E-state index contributed by atoms with van der Waals surface area (Å²) in [5.41, 5.74) is 0.843. The number of hydrogen-bond acceptors (Lipinski definition) is 4. The van der Waals surface area contributed by atoms with Crippen molar-refractivity contribution in [2.24, 2.45) is 0 Å². The van der Waals surface area contributed by atoms with E-state index in [0.29, 0.717) is 31.7 Å². The number of carbonyl (C=O) groups is 1. The quantitative estimate of drug-likeness (QED) is 0.428. The van der Waals surface area contributed by atoms with E-state index in [0.717, 1.165) is 0 Å². The van der Waals surface area contributed by atoms with Crippen LogP contribution in [0.2, 0.25) is 10.0 Å². The molecule has 0 aliphatic heterocycles. The maximum Gasteiger partial charge on any atom is 0.259 e. The Morgan fingerprint density at radius 3 is 2.70 bits per heavy atom. The molecule has 116 valence electrons. The second-order valence-corrected chi connectivity index (χ2v) is 6.51. The molecule has 0 fully saturated rings. The van der Waals surface area contributed by atoms with Crippen LogP contribution in [0.5, 0.6) is 0 Å². The van der Waals surface area contributed by atoms with Crippen molar-refractivity contribution in [3.63, 3.8) is 0 Å². The molecule has 7 heteroatoms. The van der Waals surface area contributed by atoms with E-state index in [1.807, 2.05) is 6.07 Å². The molecule has 1 heterocycles. The average molecular weight is 365 g/mol. The van der Waals surface area contributed by atoms with Crippen LogP contribution >= 0.6 is 35.0 Å². The predicted molar refractivity (Wildman–Crippen MR) is 93.9 cm³/mol. The van der Waals surface area contributed by atoms with Crippen molar-refractivity contribution in [3.8, 4) is 0 Å². The Labute approximate surface area is 145 Å². The van der Waals surface area contributed by atoms with Gasteiger partial charge in [0.15, 0.2) is 10.9 Å². The molecule has 0 aliphatic carbocycles. The summed E-state index contributed by atoms with van der Waals surface area (Å²) in [5.74, 6) is 0.0172. The Hall–Kier alpha value is -1.82. The second kappa shape index (κ2) is 6.74. The monoisotopic (exact) mass is 364 g/mol. The minimum atomic E-state index is -0.222. The summed E-state index contributed by atoms with van der Waals surface area (Å²) in [6, 6.07) is 11.8. The number of rotatable bonds is 4. The highest BCUT2D eigenvalue weighted by Crippen LogP contribution is 2.24. The molecular formula is C16H10Cl2N2O2S. The normalized spacial score (nSPS) is 10.9. The van der Waals surface area contributed by atoms with Gasteiger partial charge in [-0.25, -0.2) is 4.98 Å². The van der Waals surface area contributed by atoms with E-state index in [9.17, 15) is 9.59 Å². The standard InChI is InChI=1S/C16H10Cl2N2O2S/c17-11-6-5-9(7-12(11)18)14(21)8-23-16-19-13-4-2-1-3-10(13)15(22)20-16/h1-7H,8H2,(H,19,20,22). The van der Waals surface area contributed by atoms with Crippen molar-refractivity contribution in [2.45, 2.75) is 5.16 Å². The molecule has 0 saturated carbocycles. The van der Waals surface area contributed by atoms with Crippen molar-refractivity contribution < 1.29 is 4.79 Å². The summed E-state index contributed by atoms with van der Waals surface area (Å²) in [4.78, 5) is 31.2. The van der Waals surface area contributed by atoms with Gasteiger partial charge in [0.2, 0.25) is 0 Å². The van der Waals surface area contributed by atoms with Gasteiger partial charge in [-0.05, 0) is 30.3 Å². The number of ketones is 1. The number of nitrogens with one attached hydrogen (secondary N) is 1. The highest BCUT2D eigenvalue weighted by Gasteiger charge is 2.11. The van der Waals surface area contributed by atoms with E-state index < -0.39 is 0 Å². The lowest BCUT2D eigenvalue weighted by molar-refractivity contribution is 0.102. The molecule has 0 aliphatic rings. The first kappa shape index (κ1) is 16.1. The first-order valence-corrected chi connectivity index (χ1v) is 8.39. The number of halogens is 2. The number of carbonyl (C=O) groups excluding carboxylic acids is 1. The van der Waals surface area contributed by atoms with E-state index in [1.54, 1.807) is 30.3 Å². The molecule has 1 aromatic heterocycles. The molecule has 0 atom stereocenters. The molecule has 1 N–H and O–H groups in total. The fourth-order valence-corrected chi connectivity index (χ4v) is 3.08. The number of H-pyrrole nitrogens is 1. The molecular weight excluding hydrogens is 355 g/mol. The number of hydrogen-bond donors (Lipinski definition) is 1. The summed E-state index contributed by atoms with van der Waals surface area (Å²) >= 11 is 12.9. The van der Waals surface area contributed by atoms with Gasteiger partial charge in [0.1, 0.15) is 0 Å². The number of para-hydroxylation sites is 1. The first-order chi connectivity index (χ1) is 11.0. The van der Waals surface area contributed by atoms with Crippen LogP contribution in [0.4, 0.5) is 0 Å². The molecule has 0 saturated heterocycles. The Bertz CT molecular complexity index is 956. The van der Waals surface area contributed by atoms with E-state index in [2.05, 4.69) is 9.97 Å². The fourth-order valence-electron chi connectivity index (χ4n) is 2.02. The molecule has 0 unspecified atom stereocenters. The van der Waals surface area contributed by atoms with E-state index >= 15 is 0 Å². The lowest BCUT2D eigenvalue weighted by Crippen LogP contribution is -2.10. The fraction of sp³-hybridized carbons (Fsp3) is 0.0625. The minimum Gasteiger partial charge on any atom is -0.301 e. The highest BCUT2D eigenvalue weighted by molar-refractivity contribution is 7.99. The van der Waals surface area contributed by atoms with Gasteiger partial charge >= 0.3 is 0 Å². The SMILES string of the molecule is O=C(CSc1nc2ccccc2c(=O)[nH]1)c1ccc(Cl)c(Cl)c1. The molecule has 2 aromatic carbocycles. The highest BCUT2D eigenvalue weighted by atomic mass is 35.5. The van der Waals surface area contributed by atoms with Crippen LogP contribution in [0.25, 0.3) is 10.9 Å². The van der Waals surface area contributed by atoms with Crippen LogP contribution in [0.15, 0.2) is 52.4 Å². The zero-order valence-corrected chi connectivity index (χ0v) is 14.0. The smallest absolute Gasteiger partial charge is 0.259 e. The van der Waals surface area contributed by atoms with Crippen LogP contribution in [-0.2, 0) is 0 Å². The van der Waals surface area contributed by atoms with Gasteiger partial charge < -0.3 is 4.98 Å². The minimum absolute atomic E-state index is 0.121. The van der Waals surface area contributed by atoms with Gasteiger partial charge in [-0.3, -0.25) is 9.59 Å². The zero-order valence-electron chi connectivity index (χ0n) is 11.7. The Morgan fingerprint density at radius 2 is 1.91 bits per heavy atom. The van der Waals surface area contributed by atoms with Crippen LogP contribution in [0.3, 0.4) is 0 Å². The van der Waals surface area contributed by atoms with Crippen molar-refractivity contribution in [2.75, 3.05) is 5.75 Å². The Kier molecular flexibility index (Phi) is 4.71. The number of fused-ring (bicyclic) bond motifs is 1. The second-order valence-electron chi connectivity index (χ2n) is 4.73. The lowest BCUT2D eigenvalue weighted by atomic mass is 10.1. The van der Waals surface area contributed by atoms with Crippen molar-refractivity contribution >= 4 is 51.6 Å². The van der Waals surface area contributed by atoms with Crippen molar-refractivity contribution in [1.82, 2.24) is 9.97 Å². The van der Waals surface area contributed by atoms with E-state index in [4.69, 9.17) is 23.2 Å². The topological polar surface area (TPSA) is 62.8 Å². The largest absolute Gasteiger partial charge is 0.301 e. The number of aromatic amines is 1. The third-order valence-electron chi connectivity index (χ3n) is 3.17. The average Bonchev–Trinajstić information content (AvgIpc) is 2.55. The molecule has 0 amide bonds. The third-order valence-corrected chi connectivity index (χ3v) is 4.79. The number of benzene rings is 2. The maximum atomic E-state index is 12.2. The van der Waals surface area contributed by atoms with Gasteiger partial charge in [0, 0.05) is 5.56 Å². The number of Topliss-reactive ketones (excluding diaryl/α,β-unsaturated/α-hetero) is 1. The van der Waals surface area contributed by atoms with Gasteiger partial charge in [0.25, 0.3) is 5.56 Å². The lowest BCUT2D eigenvalue weighted by Gasteiger charge is -2.04. The summed E-state index contributed by atoms with van der Waals surface area (Å²) < 4.78 is 0. The summed E-state index contributed by atoms with van der Waals surface area (Å²) in [7, 11) is 0. The molecule has 0 bridgehead atoms. The molecule has 4 nitrogen and oxygen atoms in total. The predicted octanol–water partition coefficient (Wildman–Crippen LogP) is 4.20. The van der Waals surface area contributed by atoms with Crippen LogP contribution in [0.1, 0.15) is 10.4 Å². The molecule has 3 aromatic rings. The van der Waals surface area contributed by atoms with Gasteiger partial charge in [-0.1, -0.05) is 47.1 Å². The van der Waals surface area contributed by atoms with Gasteiger partial charge in [-0.2, -0.15) is 0 Å². The van der Waals surface area contributed by atoms with Crippen molar-refractivity contribution in [3.05, 3.63) is 68.4 Å². The summed E-state index contributed by atoms with van der Waals surface area (Å²) in [6.45, 7) is 0. The van der Waals surface area contributed by atoms with Gasteiger partial charge in [-0.15, -0.1) is 0 Å². The Morgan fingerprint density at radius 1 is 1.13 bits per heavy atom. The number of thioether (sulfide) groups is 1. The molecule has 0 radical (unpaired) electrons. The molecule has 3 rings (SSSR count). The molecule has 0 spiro atoms. The maximum absolute atomic E-state index is 12.2. The van der Waals surface area contributed by atoms with Crippen LogP contribution in [0, 0.1) is 0 Å². The number of nitrogens with zero attached hydrogens (tertiary/aromatic N) is 1. The molecule has 23 heavy (non-hydrogen) atoms. The summed E-state index contributed by atoms with van der Waals surface area (Å²) in [6.07, 6.45) is 0. The van der Waals surface area contributed by atoms with Gasteiger partial charge in [0.05, 0.1) is 26.7 Å². The van der Waals surface area contributed by atoms with E-state index in [1.165, 1.54) is 17.8 Å². The van der Waals surface area contributed by atoms with E-state index in [-0.39, 0.29) is 17.1 Å². The van der Waals surface area contributed by atoms with Crippen molar-refractivity contribution in [1.29, 1.82) is 0 Å². The third kappa shape index (κ3) is 3.58. The first-order valence-electron chi connectivity index (χ1n) is 6.65.